The molecule has 1 N–H and O–H groups in total. The van der Waals surface area contributed by atoms with Crippen molar-refractivity contribution < 1.29 is 0 Å². The van der Waals surface area contributed by atoms with Gasteiger partial charge in [-0.25, -0.2) is 4.98 Å². The van der Waals surface area contributed by atoms with Crippen LogP contribution in [0.1, 0.15) is 37.8 Å². The summed E-state index contributed by atoms with van der Waals surface area (Å²) in [4.78, 5) is 4.84. The van der Waals surface area contributed by atoms with E-state index in [-0.39, 0.29) is 0 Å². The summed E-state index contributed by atoms with van der Waals surface area (Å²) in [5, 5.41) is 3.77. The number of fused-ring (bicyclic) bond motifs is 1. The predicted molar refractivity (Wildman–Crippen MR) is 92.9 cm³/mol. The summed E-state index contributed by atoms with van der Waals surface area (Å²) in [5.41, 5.74) is 2.03. The Bertz CT molecular complexity index is 652. The van der Waals surface area contributed by atoms with Crippen molar-refractivity contribution in [1.82, 2.24) is 9.38 Å². The van der Waals surface area contributed by atoms with Crippen molar-refractivity contribution in [3.63, 3.8) is 0 Å². The van der Waals surface area contributed by atoms with Crippen LogP contribution in [0.2, 0.25) is 0 Å². The fourth-order valence-corrected chi connectivity index (χ4v) is 3.67. The molecule has 5 radical (unpaired) electrons. The quantitative estimate of drug-likeness (QED) is 0.870. The Morgan fingerprint density at radius 2 is 1.86 bits per heavy atom. The number of nitrogens with zero attached hydrogens (tertiary/aromatic N) is 2. The summed E-state index contributed by atoms with van der Waals surface area (Å²) < 4.78 is 3.24. The topological polar surface area (TPSA) is 29.3 Å². The Kier molecular flexibility index (Phi) is 4.12. The van der Waals surface area contributed by atoms with Gasteiger partial charge in [-0.2, -0.15) is 0 Å². The van der Waals surface area contributed by atoms with Gasteiger partial charge in [-0.15, -0.1) is 0 Å². The van der Waals surface area contributed by atoms with Gasteiger partial charge in [-0.3, -0.25) is 4.40 Å². The number of hydrogen-bond donors (Lipinski definition) is 1. The molecular weight excluding hydrogens is 338 g/mol. The Morgan fingerprint density at radius 3 is 2.64 bits per heavy atom. The van der Waals surface area contributed by atoms with Crippen molar-refractivity contribution >= 4 is 27.4 Å². The molecule has 0 saturated heterocycles. The maximum atomic E-state index is 4.84. The lowest BCUT2D eigenvalue weighted by Gasteiger charge is -2.24. The zero-order valence-electron chi connectivity index (χ0n) is 12.4. The van der Waals surface area contributed by atoms with Gasteiger partial charge in [0.15, 0.2) is 0 Å². The van der Waals surface area contributed by atoms with Gasteiger partial charge in [0.2, 0.25) is 0 Å². The lowest BCUT2D eigenvalue weighted by molar-refractivity contribution is 0.461. The molecule has 2 fully saturated rings. The molecule has 0 unspecified atom stereocenters. The Morgan fingerprint density at radius 1 is 1.09 bits per heavy atom. The van der Waals surface area contributed by atoms with E-state index in [2.05, 4.69) is 63.6 Å². The molecule has 113 valence electrons. The van der Waals surface area contributed by atoms with Gasteiger partial charge in [0.05, 0.1) is 5.69 Å². The second-order valence-corrected chi connectivity index (χ2v) is 6.95. The number of anilines is 1. The average Bonchev–Trinajstić information content (AvgIpc) is 3.17. The van der Waals surface area contributed by atoms with Gasteiger partial charge < -0.3 is 5.32 Å². The first-order chi connectivity index (χ1) is 10.8. The van der Waals surface area contributed by atoms with Gasteiger partial charge in [0.25, 0.3) is 0 Å². The number of halogens is 1. The molecule has 2 aromatic heterocycles. The van der Waals surface area contributed by atoms with Crippen LogP contribution < -0.4 is 5.32 Å². The number of imidazole rings is 1. The maximum Gasteiger partial charge on any atom is 0.138 e. The molecule has 2 heterocycles. The normalized spacial score (nSPS) is 20.8. The van der Waals surface area contributed by atoms with Crippen LogP contribution in [0.3, 0.4) is 0 Å². The summed E-state index contributed by atoms with van der Waals surface area (Å²) in [6.07, 6.45) is 17.0. The van der Waals surface area contributed by atoms with Crippen molar-refractivity contribution in [3.05, 3.63) is 60.1 Å². The third-order valence-corrected chi connectivity index (χ3v) is 4.93. The fourth-order valence-electron chi connectivity index (χ4n) is 3.33. The molecule has 2 saturated carbocycles. The molecule has 0 amide bonds. The first-order valence-electron chi connectivity index (χ1n) is 7.97. The van der Waals surface area contributed by atoms with Gasteiger partial charge in [-0.1, -0.05) is 19.3 Å². The maximum absolute atomic E-state index is 4.84. The number of hydrogen-bond acceptors (Lipinski definition) is 2. The molecule has 22 heavy (non-hydrogen) atoms. The highest BCUT2D eigenvalue weighted by atomic mass is 79.9. The van der Waals surface area contributed by atoms with Gasteiger partial charge in [0.1, 0.15) is 11.5 Å². The summed E-state index contributed by atoms with van der Waals surface area (Å²) in [6.45, 7) is 0. The number of aromatic nitrogens is 2. The van der Waals surface area contributed by atoms with E-state index in [1.54, 1.807) is 0 Å². The average molecular weight is 357 g/mol. The summed E-state index contributed by atoms with van der Waals surface area (Å²) in [7, 11) is 0. The first-order valence-corrected chi connectivity index (χ1v) is 8.77. The van der Waals surface area contributed by atoms with Crippen LogP contribution in [0.4, 0.5) is 5.82 Å². The van der Waals surface area contributed by atoms with Crippen molar-refractivity contribution in [1.29, 1.82) is 0 Å². The zero-order valence-corrected chi connectivity index (χ0v) is 14.0. The van der Waals surface area contributed by atoms with E-state index >= 15 is 0 Å². The zero-order chi connectivity index (χ0) is 14.9. The molecule has 2 aliphatic rings. The van der Waals surface area contributed by atoms with Gasteiger partial charge >= 0.3 is 0 Å². The van der Waals surface area contributed by atoms with E-state index < -0.39 is 0 Å². The van der Waals surface area contributed by atoms with E-state index in [9.17, 15) is 0 Å². The second kappa shape index (κ2) is 6.23. The number of rotatable bonds is 3. The number of nitrogens with one attached hydrogen (secondary N) is 1. The van der Waals surface area contributed by atoms with E-state index in [1.807, 2.05) is 6.07 Å². The van der Waals surface area contributed by atoms with Crippen molar-refractivity contribution in [2.45, 2.75) is 38.1 Å². The van der Waals surface area contributed by atoms with E-state index in [0.29, 0.717) is 6.04 Å². The monoisotopic (exact) mass is 356 g/mol. The molecule has 2 aromatic rings. The molecule has 0 atom stereocenters. The number of pyridine rings is 1. The van der Waals surface area contributed by atoms with Crippen LogP contribution in [0.15, 0.2) is 22.8 Å². The third-order valence-electron chi connectivity index (χ3n) is 4.46. The van der Waals surface area contributed by atoms with Crippen LogP contribution in [0.25, 0.3) is 5.65 Å². The molecular formula is C18H19BrN3. The van der Waals surface area contributed by atoms with E-state index in [1.165, 1.54) is 38.0 Å². The van der Waals surface area contributed by atoms with E-state index in [0.717, 1.165) is 21.6 Å². The Hall–Kier alpha value is -1.03. The molecule has 4 heteroatoms. The highest BCUT2D eigenvalue weighted by molar-refractivity contribution is 9.10. The van der Waals surface area contributed by atoms with Gasteiger partial charge in [-0.05, 0) is 66.6 Å². The largest absolute Gasteiger partial charge is 0.367 e. The first kappa shape index (κ1) is 14.6. The molecule has 2 aliphatic carbocycles. The molecule has 4 rings (SSSR count). The highest BCUT2D eigenvalue weighted by Crippen LogP contribution is 2.36. The van der Waals surface area contributed by atoms with Crippen LogP contribution in [0, 0.1) is 31.6 Å². The second-order valence-electron chi connectivity index (χ2n) is 6.04. The smallest absolute Gasteiger partial charge is 0.138 e. The summed E-state index contributed by atoms with van der Waals surface area (Å²) in [6, 6.07) is 4.66. The van der Waals surface area contributed by atoms with Crippen molar-refractivity contribution in [3.8, 4) is 0 Å². The van der Waals surface area contributed by atoms with Crippen LogP contribution in [-0.4, -0.2) is 15.4 Å². The highest BCUT2D eigenvalue weighted by Gasteiger charge is 2.27. The van der Waals surface area contributed by atoms with Crippen molar-refractivity contribution in [2.24, 2.45) is 0 Å². The minimum absolute atomic E-state index is 0.557. The Balaban J connectivity index is 1.73. The lowest BCUT2D eigenvalue weighted by Crippen LogP contribution is -2.24. The standard InChI is InChI=1S/C18H19BrN3/c19-14-10-11-16-21-17(13-6-4-5-7-13)18(22(16)12-14)20-15-8-2-1-3-9-15/h4-7,10-12,15,20H,1-3,8-9H2. The van der Waals surface area contributed by atoms with Crippen LogP contribution >= 0.6 is 15.9 Å². The predicted octanol–water partition coefficient (Wildman–Crippen LogP) is 4.59. The fraction of sp³-hybridized carbons (Fsp3) is 0.333. The minimum atomic E-state index is 0.557. The molecule has 0 aromatic carbocycles. The summed E-state index contributed by atoms with van der Waals surface area (Å²) >= 11 is 3.57. The third kappa shape index (κ3) is 2.78. The molecule has 0 bridgehead atoms. The SMILES string of the molecule is Brc1ccc2nc([C]3[CH][CH][CH][CH]3)c(NC3CCCCC3)n2c1. The Labute approximate surface area is 140 Å². The molecule has 0 aliphatic heterocycles. The van der Waals surface area contributed by atoms with Crippen LogP contribution in [0.5, 0.6) is 0 Å². The summed E-state index contributed by atoms with van der Waals surface area (Å²) in [5.74, 6) is 2.30. The lowest BCUT2D eigenvalue weighted by atomic mass is 9.95. The van der Waals surface area contributed by atoms with Crippen LogP contribution in [-0.2, 0) is 0 Å². The minimum Gasteiger partial charge on any atom is -0.367 e. The molecule has 3 nitrogen and oxygen atoms in total. The van der Waals surface area contributed by atoms with Crippen molar-refractivity contribution in [2.75, 3.05) is 5.32 Å². The molecule has 0 spiro atoms. The van der Waals surface area contributed by atoms with Gasteiger partial charge in [0, 0.05) is 22.6 Å². The van der Waals surface area contributed by atoms with E-state index in [4.69, 9.17) is 4.98 Å².